The SMILES string of the molecule is CCN(CCO)C(=O)c1c[nH]c(=O)cc1O. The molecule has 0 aliphatic rings. The number of pyridine rings is 1. The summed E-state index contributed by atoms with van der Waals surface area (Å²) in [6, 6.07) is 0.944. The van der Waals surface area contributed by atoms with E-state index in [1.165, 1.54) is 11.1 Å². The molecule has 0 radical (unpaired) electrons. The van der Waals surface area contributed by atoms with Crippen molar-refractivity contribution in [2.45, 2.75) is 6.92 Å². The van der Waals surface area contributed by atoms with Crippen LogP contribution >= 0.6 is 0 Å². The Kier molecular flexibility index (Phi) is 4.07. The zero-order valence-electron chi connectivity index (χ0n) is 8.93. The van der Waals surface area contributed by atoms with Crippen molar-refractivity contribution in [1.82, 2.24) is 9.88 Å². The van der Waals surface area contributed by atoms with E-state index in [2.05, 4.69) is 4.98 Å². The molecule has 3 N–H and O–H groups in total. The Hall–Kier alpha value is -1.82. The maximum atomic E-state index is 11.8. The molecule has 0 bridgehead atoms. The van der Waals surface area contributed by atoms with E-state index in [-0.39, 0.29) is 24.5 Å². The van der Waals surface area contributed by atoms with Crippen LogP contribution in [0.25, 0.3) is 0 Å². The quantitative estimate of drug-likeness (QED) is 0.647. The molecule has 0 saturated heterocycles. The summed E-state index contributed by atoms with van der Waals surface area (Å²) in [5.41, 5.74) is -0.450. The summed E-state index contributed by atoms with van der Waals surface area (Å²) >= 11 is 0. The van der Waals surface area contributed by atoms with Gasteiger partial charge in [0.25, 0.3) is 11.5 Å². The Morgan fingerprint density at radius 1 is 1.56 bits per heavy atom. The Labute approximate surface area is 92.1 Å². The van der Waals surface area contributed by atoms with Crippen LogP contribution in [0.15, 0.2) is 17.1 Å². The molecule has 88 valence electrons. The molecular formula is C10H14N2O4. The van der Waals surface area contributed by atoms with Crippen LogP contribution in [-0.4, -0.2) is 45.7 Å². The highest BCUT2D eigenvalue weighted by Crippen LogP contribution is 2.14. The summed E-state index contributed by atoms with van der Waals surface area (Å²) in [6.07, 6.45) is 1.17. The minimum atomic E-state index is -0.473. The summed E-state index contributed by atoms with van der Waals surface area (Å²) in [5, 5.41) is 18.2. The van der Waals surface area contributed by atoms with Gasteiger partial charge in [-0.15, -0.1) is 0 Å². The van der Waals surface area contributed by atoms with Crippen LogP contribution in [0.4, 0.5) is 0 Å². The molecule has 6 heteroatoms. The summed E-state index contributed by atoms with van der Waals surface area (Å²) < 4.78 is 0. The third-order valence-corrected chi connectivity index (χ3v) is 2.17. The lowest BCUT2D eigenvalue weighted by Crippen LogP contribution is -2.33. The van der Waals surface area contributed by atoms with Crippen molar-refractivity contribution in [2.24, 2.45) is 0 Å². The van der Waals surface area contributed by atoms with E-state index in [0.29, 0.717) is 6.54 Å². The standard InChI is InChI=1S/C10H14N2O4/c1-2-12(3-4-13)10(16)7-6-11-9(15)5-8(7)14/h5-6,13H,2-4H2,1H3,(H2,11,14,15). The van der Waals surface area contributed by atoms with Crippen molar-refractivity contribution >= 4 is 5.91 Å². The van der Waals surface area contributed by atoms with E-state index >= 15 is 0 Å². The average molecular weight is 226 g/mol. The molecule has 6 nitrogen and oxygen atoms in total. The maximum absolute atomic E-state index is 11.8. The van der Waals surface area contributed by atoms with Crippen LogP contribution in [0.2, 0.25) is 0 Å². The van der Waals surface area contributed by atoms with Gasteiger partial charge in [0.2, 0.25) is 0 Å². The first-order valence-corrected chi connectivity index (χ1v) is 4.92. The number of carbonyl (C=O) groups excluding carboxylic acids is 1. The molecule has 1 heterocycles. The van der Waals surface area contributed by atoms with Crippen molar-refractivity contribution in [3.05, 3.63) is 28.2 Å². The molecule has 0 atom stereocenters. The summed E-state index contributed by atoms with van der Waals surface area (Å²) in [4.78, 5) is 26.4. The third kappa shape index (κ3) is 2.60. The third-order valence-electron chi connectivity index (χ3n) is 2.17. The number of nitrogens with one attached hydrogen (secondary N) is 1. The number of H-pyrrole nitrogens is 1. The second-order valence-corrected chi connectivity index (χ2v) is 3.20. The van der Waals surface area contributed by atoms with Gasteiger partial charge < -0.3 is 20.1 Å². The van der Waals surface area contributed by atoms with E-state index in [9.17, 15) is 14.7 Å². The van der Waals surface area contributed by atoms with Crippen molar-refractivity contribution in [1.29, 1.82) is 0 Å². The topological polar surface area (TPSA) is 93.6 Å². The maximum Gasteiger partial charge on any atom is 0.259 e. The number of hydrogen-bond acceptors (Lipinski definition) is 4. The number of aromatic hydroxyl groups is 1. The first-order valence-electron chi connectivity index (χ1n) is 4.92. The molecule has 0 aliphatic heterocycles. The fraction of sp³-hybridized carbons (Fsp3) is 0.400. The van der Waals surface area contributed by atoms with Gasteiger partial charge in [-0.1, -0.05) is 0 Å². The molecule has 1 aromatic heterocycles. The molecule has 0 unspecified atom stereocenters. The first-order chi connectivity index (χ1) is 7.60. The number of amides is 1. The lowest BCUT2D eigenvalue weighted by molar-refractivity contribution is 0.0728. The molecule has 0 fully saturated rings. The normalized spacial score (nSPS) is 10.1. The zero-order valence-corrected chi connectivity index (χ0v) is 8.93. The summed E-state index contributed by atoms with van der Waals surface area (Å²) in [5.74, 6) is -0.782. The van der Waals surface area contributed by atoms with Crippen LogP contribution < -0.4 is 5.56 Å². The number of likely N-dealkylation sites (N-methyl/N-ethyl adjacent to an activating group) is 1. The molecule has 0 aliphatic carbocycles. The Bertz CT molecular complexity index is 427. The summed E-state index contributed by atoms with van der Waals surface area (Å²) in [6.45, 7) is 2.21. The number of aliphatic hydroxyl groups excluding tert-OH is 1. The molecule has 0 spiro atoms. The molecular weight excluding hydrogens is 212 g/mol. The van der Waals surface area contributed by atoms with E-state index in [0.717, 1.165) is 6.07 Å². The second kappa shape index (κ2) is 5.32. The number of nitrogens with zero attached hydrogens (tertiary/aromatic N) is 1. The van der Waals surface area contributed by atoms with Gasteiger partial charge in [0, 0.05) is 25.4 Å². The fourth-order valence-corrected chi connectivity index (χ4v) is 1.33. The highest BCUT2D eigenvalue weighted by Gasteiger charge is 2.17. The Morgan fingerprint density at radius 2 is 2.25 bits per heavy atom. The van der Waals surface area contributed by atoms with Gasteiger partial charge in [-0.25, -0.2) is 0 Å². The van der Waals surface area contributed by atoms with E-state index < -0.39 is 11.5 Å². The largest absolute Gasteiger partial charge is 0.507 e. The van der Waals surface area contributed by atoms with Crippen LogP contribution in [-0.2, 0) is 0 Å². The summed E-state index contributed by atoms with van der Waals surface area (Å²) in [7, 11) is 0. The van der Waals surface area contributed by atoms with Crippen LogP contribution in [0.5, 0.6) is 5.75 Å². The number of aromatic amines is 1. The van der Waals surface area contributed by atoms with Crippen LogP contribution in [0.3, 0.4) is 0 Å². The number of hydrogen-bond donors (Lipinski definition) is 3. The number of carbonyl (C=O) groups is 1. The van der Waals surface area contributed by atoms with Gasteiger partial charge in [0.05, 0.1) is 12.2 Å². The number of aromatic nitrogens is 1. The van der Waals surface area contributed by atoms with Crippen molar-refractivity contribution < 1.29 is 15.0 Å². The first kappa shape index (κ1) is 12.3. The lowest BCUT2D eigenvalue weighted by Gasteiger charge is -2.19. The van der Waals surface area contributed by atoms with Gasteiger partial charge >= 0.3 is 0 Å². The van der Waals surface area contributed by atoms with Crippen molar-refractivity contribution in [3.8, 4) is 5.75 Å². The lowest BCUT2D eigenvalue weighted by atomic mass is 10.2. The second-order valence-electron chi connectivity index (χ2n) is 3.20. The molecule has 1 amide bonds. The van der Waals surface area contributed by atoms with Gasteiger partial charge in [0.15, 0.2) is 0 Å². The molecule has 1 rings (SSSR count). The Morgan fingerprint density at radius 3 is 2.75 bits per heavy atom. The average Bonchev–Trinajstić information content (AvgIpc) is 2.25. The van der Waals surface area contributed by atoms with Gasteiger partial charge in [-0.3, -0.25) is 9.59 Å². The van der Waals surface area contributed by atoms with Crippen molar-refractivity contribution in [3.63, 3.8) is 0 Å². The monoisotopic (exact) mass is 226 g/mol. The van der Waals surface area contributed by atoms with E-state index in [4.69, 9.17) is 5.11 Å². The predicted molar refractivity (Wildman–Crippen MR) is 57.4 cm³/mol. The number of aliphatic hydroxyl groups is 1. The highest BCUT2D eigenvalue weighted by atomic mass is 16.3. The minimum Gasteiger partial charge on any atom is -0.507 e. The van der Waals surface area contributed by atoms with Gasteiger partial charge in [-0.05, 0) is 6.92 Å². The Balaban J connectivity index is 2.99. The molecule has 0 aromatic carbocycles. The van der Waals surface area contributed by atoms with Crippen LogP contribution in [0.1, 0.15) is 17.3 Å². The van der Waals surface area contributed by atoms with E-state index in [1.54, 1.807) is 6.92 Å². The van der Waals surface area contributed by atoms with Gasteiger partial charge in [0.1, 0.15) is 5.75 Å². The van der Waals surface area contributed by atoms with Crippen molar-refractivity contribution in [2.75, 3.05) is 19.7 Å². The molecule has 16 heavy (non-hydrogen) atoms. The zero-order chi connectivity index (χ0) is 12.1. The smallest absolute Gasteiger partial charge is 0.259 e. The highest BCUT2D eigenvalue weighted by molar-refractivity contribution is 5.96. The van der Waals surface area contributed by atoms with E-state index in [1.807, 2.05) is 0 Å². The molecule has 1 aromatic rings. The number of rotatable bonds is 4. The fourth-order valence-electron chi connectivity index (χ4n) is 1.33. The predicted octanol–water partition coefficient (Wildman–Crippen LogP) is -0.465. The minimum absolute atomic E-state index is 0.0231. The van der Waals surface area contributed by atoms with Crippen LogP contribution in [0, 0.1) is 0 Å². The molecule has 0 saturated carbocycles. The van der Waals surface area contributed by atoms with Gasteiger partial charge in [-0.2, -0.15) is 0 Å².